The Labute approximate surface area is 102 Å². The van der Waals surface area contributed by atoms with Crippen LogP contribution in [-0.4, -0.2) is 42.9 Å². The molecule has 100 valence electrons. The predicted octanol–water partition coefficient (Wildman–Crippen LogP) is 0.821. The molecule has 0 aromatic heterocycles. The van der Waals surface area contributed by atoms with E-state index in [0.717, 1.165) is 0 Å². The van der Waals surface area contributed by atoms with Gasteiger partial charge in [0.15, 0.2) is 0 Å². The van der Waals surface area contributed by atoms with Crippen molar-refractivity contribution in [1.82, 2.24) is 10.6 Å². The Bertz CT molecular complexity index is 246. The highest BCUT2D eigenvalue weighted by Crippen LogP contribution is 1.99. The van der Waals surface area contributed by atoms with E-state index >= 15 is 0 Å². The lowest BCUT2D eigenvalue weighted by molar-refractivity contribution is -0.141. The van der Waals surface area contributed by atoms with Crippen LogP contribution in [0.25, 0.3) is 0 Å². The van der Waals surface area contributed by atoms with Gasteiger partial charge in [0.2, 0.25) is 0 Å². The maximum absolute atomic E-state index is 11.3. The van der Waals surface area contributed by atoms with E-state index in [1.165, 1.54) is 0 Å². The monoisotopic (exact) mass is 246 g/mol. The van der Waals surface area contributed by atoms with E-state index in [0.29, 0.717) is 19.6 Å². The molecule has 0 aliphatic heterocycles. The van der Waals surface area contributed by atoms with Crippen LogP contribution in [0.3, 0.4) is 0 Å². The largest absolute Gasteiger partial charge is 0.481 e. The van der Waals surface area contributed by atoms with Crippen molar-refractivity contribution < 1.29 is 19.4 Å². The quantitative estimate of drug-likeness (QED) is 0.591. The van der Waals surface area contributed by atoms with Crippen molar-refractivity contribution in [2.45, 2.75) is 33.3 Å². The molecule has 0 rings (SSSR count). The molecule has 6 heteroatoms. The summed E-state index contributed by atoms with van der Waals surface area (Å²) in [6.45, 7) is 6.66. The molecular weight excluding hydrogens is 224 g/mol. The molecule has 2 atom stereocenters. The highest BCUT2D eigenvalue weighted by molar-refractivity contribution is 5.75. The maximum atomic E-state index is 11.3. The molecule has 2 amide bonds. The zero-order valence-corrected chi connectivity index (χ0v) is 10.7. The second-order valence-electron chi connectivity index (χ2n) is 3.80. The fourth-order valence-corrected chi connectivity index (χ4v) is 1.26. The first-order chi connectivity index (χ1) is 8.01. The summed E-state index contributed by atoms with van der Waals surface area (Å²) in [4.78, 5) is 22.0. The van der Waals surface area contributed by atoms with Crippen molar-refractivity contribution in [1.29, 1.82) is 0 Å². The van der Waals surface area contributed by atoms with Gasteiger partial charge in [0.05, 0.1) is 12.0 Å². The van der Waals surface area contributed by atoms with E-state index in [1.807, 2.05) is 13.8 Å². The number of carbonyl (C=O) groups is 2. The number of amides is 2. The molecule has 0 saturated carbocycles. The van der Waals surface area contributed by atoms with Crippen molar-refractivity contribution >= 4 is 12.0 Å². The molecular formula is C11H22N2O4. The zero-order chi connectivity index (χ0) is 13.3. The Balaban J connectivity index is 3.75. The van der Waals surface area contributed by atoms with Gasteiger partial charge in [-0.25, -0.2) is 4.79 Å². The minimum atomic E-state index is -0.893. The predicted molar refractivity (Wildman–Crippen MR) is 63.9 cm³/mol. The number of hydrogen-bond donors (Lipinski definition) is 3. The molecule has 0 saturated heterocycles. The number of carboxylic acid groups (broad SMARTS) is 1. The van der Waals surface area contributed by atoms with Crippen LogP contribution >= 0.6 is 0 Å². The number of carbonyl (C=O) groups excluding carboxylic acids is 1. The van der Waals surface area contributed by atoms with Crippen molar-refractivity contribution in [3.63, 3.8) is 0 Å². The van der Waals surface area contributed by atoms with Crippen molar-refractivity contribution in [2.24, 2.45) is 5.92 Å². The molecule has 3 N–H and O–H groups in total. The van der Waals surface area contributed by atoms with Crippen LogP contribution in [-0.2, 0) is 9.53 Å². The lowest BCUT2D eigenvalue weighted by Crippen LogP contribution is -2.42. The molecule has 0 aliphatic carbocycles. The fourth-order valence-electron chi connectivity index (χ4n) is 1.26. The Kier molecular flexibility index (Phi) is 8.13. The van der Waals surface area contributed by atoms with Gasteiger partial charge in [0, 0.05) is 19.7 Å². The zero-order valence-electron chi connectivity index (χ0n) is 10.7. The van der Waals surface area contributed by atoms with E-state index in [2.05, 4.69) is 10.6 Å². The molecule has 6 nitrogen and oxygen atoms in total. The summed E-state index contributed by atoms with van der Waals surface area (Å²) in [5.41, 5.74) is 0. The second-order valence-corrected chi connectivity index (χ2v) is 3.80. The summed E-state index contributed by atoms with van der Waals surface area (Å²) >= 11 is 0. The fraction of sp³-hybridized carbons (Fsp3) is 0.818. The average molecular weight is 246 g/mol. The first-order valence-corrected chi connectivity index (χ1v) is 5.87. The lowest BCUT2D eigenvalue weighted by atomic mass is 10.1. The lowest BCUT2D eigenvalue weighted by Gasteiger charge is -2.14. The van der Waals surface area contributed by atoms with Gasteiger partial charge in [0.1, 0.15) is 0 Å². The summed E-state index contributed by atoms with van der Waals surface area (Å²) in [7, 11) is 0. The van der Waals surface area contributed by atoms with E-state index in [9.17, 15) is 9.59 Å². The average Bonchev–Trinajstić information content (AvgIpc) is 2.27. The van der Waals surface area contributed by atoms with E-state index in [4.69, 9.17) is 9.84 Å². The van der Waals surface area contributed by atoms with Crippen LogP contribution in [0.5, 0.6) is 0 Å². The van der Waals surface area contributed by atoms with Crippen molar-refractivity contribution in [2.75, 3.05) is 19.7 Å². The second kappa shape index (κ2) is 8.81. The molecule has 0 radical (unpaired) electrons. The molecule has 0 heterocycles. The van der Waals surface area contributed by atoms with Gasteiger partial charge in [-0.3, -0.25) is 4.79 Å². The standard InChI is InChI=1S/C11H22N2O4/c1-4-9(10(14)15)7-13-11(16)12-6-8(3)17-5-2/h8-9H,4-7H2,1-3H3,(H,14,15)(H2,12,13,16). The molecule has 2 unspecified atom stereocenters. The van der Waals surface area contributed by atoms with Crippen LogP contribution in [0.4, 0.5) is 4.79 Å². The number of aliphatic carboxylic acids is 1. The Morgan fingerprint density at radius 2 is 1.82 bits per heavy atom. The molecule has 0 spiro atoms. The highest BCUT2D eigenvalue weighted by atomic mass is 16.5. The van der Waals surface area contributed by atoms with Crippen LogP contribution in [0.1, 0.15) is 27.2 Å². The molecule has 0 aliphatic rings. The van der Waals surface area contributed by atoms with Gasteiger partial charge >= 0.3 is 12.0 Å². The SMILES string of the molecule is CCOC(C)CNC(=O)NCC(CC)C(=O)O. The smallest absolute Gasteiger partial charge is 0.314 e. The van der Waals surface area contributed by atoms with E-state index < -0.39 is 11.9 Å². The Hall–Kier alpha value is -1.30. The van der Waals surface area contributed by atoms with Gasteiger partial charge in [0.25, 0.3) is 0 Å². The molecule has 0 aromatic carbocycles. The first-order valence-electron chi connectivity index (χ1n) is 5.87. The Morgan fingerprint density at radius 1 is 1.24 bits per heavy atom. The molecule has 0 fully saturated rings. The number of nitrogens with one attached hydrogen (secondary N) is 2. The summed E-state index contributed by atoms with van der Waals surface area (Å²) in [5, 5.41) is 13.9. The van der Waals surface area contributed by atoms with Gasteiger partial charge in [-0.05, 0) is 20.3 Å². The number of hydrogen-bond acceptors (Lipinski definition) is 3. The van der Waals surface area contributed by atoms with Gasteiger partial charge in [-0.15, -0.1) is 0 Å². The van der Waals surface area contributed by atoms with Gasteiger partial charge in [-0.1, -0.05) is 6.92 Å². The number of ether oxygens (including phenoxy) is 1. The summed E-state index contributed by atoms with van der Waals surface area (Å²) in [6, 6.07) is -0.365. The van der Waals surface area contributed by atoms with Crippen LogP contribution in [0.2, 0.25) is 0 Å². The van der Waals surface area contributed by atoms with E-state index in [-0.39, 0.29) is 18.7 Å². The van der Waals surface area contributed by atoms with Gasteiger partial charge < -0.3 is 20.5 Å². The maximum Gasteiger partial charge on any atom is 0.314 e. The normalized spacial score (nSPS) is 13.8. The van der Waals surface area contributed by atoms with Crippen molar-refractivity contribution in [3.8, 4) is 0 Å². The molecule has 0 bridgehead atoms. The summed E-state index contributed by atoms with van der Waals surface area (Å²) in [5.74, 6) is -1.43. The minimum absolute atomic E-state index is 0.0489. The summed E-state index contributed by atoms with van der Waals surface area (Å²) < 4.78 is 5.24. The third kappa shape index (κ3) is 7.57. The molecule has 17 heavy (non-hydrogen) atoms. The van der Waals surface area contributed by atoms with E-state index in [1.54, 1.807) is 6.92 Å². The van der Waals surface area contributed by atoms with Crippen LogP contribution in [0, 0.1) is 5.92 Å². The van der Waals surface area contributed by atoms with Crippen molar-refractivity contribution in [3.05, 3.63) is 0 Å². The third-order valence-electron chi connectivity index (χ3n) is 2.35. The summed E-state index contributed by atoms with van der Waals surface area (Å²) in [6.07, 6.45) is 0.442. The highest BCUT2D eigenvalue weighted by Gasteiger charge is 2.15. The number of urea groups is 1. The molecule has 0 aromatic rings. The number of carboxylic acids is 1. The van der Waals surface area contributed by atoms with Gasteiger partial charge in [-0.2, -0.15) is 0 Å². The minimum Gasteiger partial charge on any atom is -0.481 e. The number of rotatable bonds is 8. The first kappa shape index (κ1) is 15.7. The topological polar surface area (TPSA) is 87.7 Å². The van der Waals surface area contributed by atoms with Crippen LogP contribution in [0.15, 0.2) is 0 Å². The Morgan fingerprint density at radius 3 is 2.29 bits per heavy atom. The third-order valence-corrected chi connectivity index (χ3v) is 2.35. The van der Waals surface area contributed by atoms with Crippen LogP contribution < -0.4 is 10.6 Å².